The molecule has 1 N–H and O–H groups in total. The number of rotatable bonds is 5. The van der Waals surface area contributed by atoms with Gasteiger partial charge in [0.2, 0.25) is 0 Å². The van der Waals surface area contributed by atoms with Crippen molar-refractivity contribution in [3.8, 4) is 0 Å². The SMILES string of the molecule is CCc1nn(C)cc1CN[C@@H](C)c1ccccc1. The van der Waals surface area contributed by atoms with E-state index in [0.717, 1.165) is 13.0 Å². The van der Waals surface area contributed by atoms with Gasteiger partial charge in [0, 0.05) is 31.4 Å². The summed E-state index contributed by atoms with van der Waals surface area (Å²) >= 11 is 0. The van der Waals surface area contributed by atoms with Crippen molar-refractivity contribution in [1.82, 2.24) is 15.1 Å². The Morgan fingerprint density at radius 2 is 2.00 bits per heavy atom. The van der Waals surface area contributed by atoms with Crippen molar-refractivity contribution in [2.24, 2.45) is 7.05 Å². The molecule has 0 fully saturated rings. The van der Waals surface area contributed by atoms with Gasteiger partial charge in [-0.3, -0.25) is 4.68 Å². The van der Waals surface area contributed by atoms with Crippen LogP contribution in [0.3, 0.4) is 0 Å². The van der Waals surface area contributed by atoms with Gasteiger partial charge in [0.1, 0.15) is 0 Å². The van der Waals surface area contributed by atoms with Gasteiger partial charge in [-0.2, -0.15) is 5.10 Å². The summed E-state index contributed by atoms with van der Waals surface area (Å²) in [5, 5.41) is 8.01. The van der Waals surface area contributed by atoms with Crippen LogP contribution in [-0.4, -0.2) is 9.78 Å². The quantitative estimate of drug-likeness (QED) is 0.875. The maximum Gasteiger partial charge on any atom is 0.0666 e. The summed E-state index contributed by atoms with van der Waals surface area (Å²) in [4.78, 5) is 0. The molecule has 1 aromatic heterocycles. The van der Waals surface area contributed by atoms with Crippen molar-refractivity contribution in [3.63, 3.8) is 0 Å². The number of hydrogen-bond acceptors (Lipinski definition) is 2. The third kappa shape index (κ3) is 2.99. The second-order valence-corrected chi connectivity index (χ2v) is 4.64. The molecule has 0 saturated heterocycles. The second-order valence-electron chi connectivity index (χ2n) is 4.64. The van der Waals surface area contributed by atoms with Crippen LogP contribution in [0.15, 0.2) is 36.5 Å². The lowest BCUT2D eigenvalue weighted by Crippen LogP contribution is -2.18. The van der Waals surface area contributed by atoms with Crippen LogP contribution < -0.4 is 5.32 Å². The van der Waals surface area contributed by atoms with Crippen LogP contribution in [0.4, 0.5) is 0 Å². The van der Waals surface area contributed by atoms with Gasteiger partial charge in [0.05, 0.1) is 5.69 Å². The van der Waals surface area contributed by atoms with Gasteiger partial charge in [-0.1, -0.05) is 37.3 Å². The average Bonchev–Trinajstić information content (AvgIpc) is 2.77. The van der Waals surface area contributed by atoms with E-state index in [0.29, 0.717) is 6.04 Å². The summed E-state index contributed by atoms with van der Waals surface area (Å²) in [6.45, 7) is 5.21. The summed E-state index contributed by atoms with van der Waals surface area (Å²) in [5.41, 5.74) is 3.80. The van der Waals surface area contributed by atoms with E-state index < -0.39 is 0 Å². The Kier molecular flexibility index (Phi) is 4.15. The smallest absolute Gasteiger partial charge is 0.0666 e. The van der Waals surface area contributed by atoms with E-state index in [2.05, 4.69) is 54.7 Å². The standard InChI is InChI=1S/C15H21N3/c1-4-15-14(11-18(3)17-15)10-16-12(2)13-8-6-5-7-9-13/h5-9,11-12,16H,4,10H2,1-3H3/t12-/m0/s1. The Balaban J connectivity index is 1.99. The molecule has 96 valence electrons. The Labute approximate surface area is 109 Å². The monoisotopic (exact) mass is 243 g/mol. The van der Waals surface area contributed by atoms with Crippen LogP contribution in [0, 0.1) is 0 Å². The molecule has 2 aromatic rings. The normalized spacial score (nSPS) is 12.6. The predicted molar refractivity (Wildman–Crippen MR) is 74.3 cm³/mol. The summed E-state index contributed by atoms with van der Waals surface area (Å²) < 4.78 is 1.89. The molecular weight excluding hydrogens is 222 g/mol. The number of aromatic nitrogens is 2. The number of nitrogens with one attached hydrogen (secondary N) is 1. The maximum absolute atomic E-state index is 4.46. The first-order valence-electron chi connectivity index (χ1n) is 6.50. The van der Waals surface area contributed by atoms with Crippen LogP contribution in [0.2, 0.25) is 0 Å². The summed E-state index contributed by atoms with van der Waals surface area (Å²) in [6.07, 6.45) is 3.08. The van der Waals surface area contributed by atoms with E-state index in [9.17, 15) is 0 Å². The number of aryl methyl sites for hydroxylation is 2. The topological polar surface area (TPSA) is 29.9 Å². The van der Waals surface area contributed by atoms with Crippen molar-refractivity contribution in [2.75, 3.05) is 0 Å². The Morgan fingerprint density at radius 1 is 1.28 bits per heavy atom. The van der Waals surface area contributed by atoms with Crippen LogP contribution in [0.1, 0.15) is 36.7 Å². The molecule has 0 aliphatic carbocycles. The van der Waals surface area contributed by atoms with Gasteiger partial charge >= 0.3 is 0 Å². The fraction of sp³-hybridized carbons (Fsp3) is 0.400. The van der Waals surface area contributed by atoms with Gasteiger partial charge in [-0.25, -0.2) is 0 Å². The largest absolute Gasteiger partial charge is 0.306 e. The molecule has 0 bridgehead atoms. The molecule has 1 aromatic carbocycles. The molecule has 0 radical (unpaired) electrons. The Bertz CT molecular complexity index is 488. The zero-order valence-electron chi connectivity index (χ0n) is 11.4. The van der Waals surface area contributed by atoms with Crippen LogP contribution in [-0.2, 0) is 20.0 Å². The highest BCUT2D eigenvalue weighted by Crippen LogP contribution is 2.13. The molecule has 0 aliphatic rings. The van der Waals surface area contributed by atoms with E-state index >= 15 is 0 Å². The molecule has 18 heavy (non-hydrogen) atoms. The molecule has 3 heteroatoms. The highest BCUT2D eigenvalue weighted by Gasteiger charge is 2.08. The van der Waals surface area contributed by atoms with Crippen molar-refractivity contribution < 1.29 is 0 Å². The predicted octanol–water partition coefficient (Wildman–Crippen LogP) is 2.83. The molecular formula is C15H21N3. The lowest BCUT2D eigenvalue weighted by molar-refractivity contribution is 0.572. The first kappa shape index (κ1) is 12.8. The zero-order valence-corrected chi connectivity index (χ0v) is 11.4. The van der Waals surface area contributed by atoms with Crippen LogP contribution >= 0.6 is 0 Å². The highest BCUT2D eigenvalue weighted by atomic mass is 15.3. The average molecular weight is 243 g/mol. The van der Waals surface area contributed by atoms with Crippen LogP contribution in [0.5, 0.6) is 0 Å². The molecule has 1 heterocycles. The molecule has 0 unspecified atom stereocenters. The summed E-state index contributed by atoms with van der Waals surface area (Å²) in [5.74, 6) is 0. The maximum atomic E-state index is 4.46. The third-order valence-corrected chi connectivity index (χ3v) is 3.22. The highest BCUT2D eigenvalue weighted by molar-refractivity contribution is 5.20. The van der Waals surface area contributed by atoms with Gasteiger partial charge in [0.15, 0.2) is 0 Å². The lowest BCUT2D eigenvalue weighted by atomic mass is 10.1. The fourth-order valence-electron chi connectivity index (χ4n) is 2.15. The zero-order chi connectivity index (χ0) is 13.0. The molecule has 0 amide bonds. The van der Waals surface area contributed by atoms with E-state index in [1.165, 1.54) is 16.8 Å². The lowest BCUT2D eigenvalue weighted by Gasteiger charge is -2.13. The Hall–Kier alpha value is -1.61. The van der Waals surface area contributed by atoms with Gasteiger partial charge < -0.3 is 5.32 Å². The third-order valence-electron chi connectivity index (χ3n) is 3.22. The second kappa shape index (κ2) is 5.83. The molecule has 0 aliphatic heterocycles. The number of nitrogens with zero attached hydrogens (tertiary/aromatic N) is 2. The minimum Gasteiger partial charge on any atom is -0.306 e. The van der Waals surface area contributed by atoms with Crippen molar-refractivity contribution in [3.05, 3.63) is 53.3 Å². The number of benzene rings is 1. The summed E-state index contributed by atoms with van der Waals surface area (Å²) in [6, 6.07) is 10.9. The van der Waals surface area contributed by atoms with E-state index in [1.54, 1.807) is 0 Å². The Morgan fingerprint density at radius 3 is 2.67 bits per heavy atom. The van der Waals surface area contributed by atoms with Crippen molar-refractivity contribution in [2.45, 2.75) is 32.9 Å². The van der Waals surface area contributed by atoms with E-state index in [-0.39, 0.29) is 0 Å². The molecule has 0 spiro atoms. The first-order chi connectivity index (χ1) is 8.70. The van der Waals surface area contributed by atoms with Crippen LogP contribution in [0.25, 0.3) is 0 Å². The first-order valence-corrected chi connectivity index (χ1v) is 6.50. The molecule has 3 nitrogen and oxygen atoms in total. The van der Waals surface area contributed by atoms with E-state index in [4.69, 9.17) is 0 Å². The minimum absolute atomic E-state index is 0.358. The van der Waals surface area contributed by atoms with Gasteiger partial charge in [-0.15, -0.1) is 0 Å². The van der Waals surface area contributed by atoms with Gasteiger partial charge in [-0.05, 0) is 18.9 Å². The minimum atomic E-state index is 0.358. The van der Waals surface area contributed by atoms with E-state index in [1.807, 2.05) is 17.8 Å². The molecule has 2 rings (SSSR count). The molecule has 1 atom stereocenters. The fourth-order valence-corrected chi connectivity index (χ4v) is 2.15. The van der Waals surface area contributed by atoms with Crippen molar-refractivity contribution >= 4 is 0 Å². The van der Waals surface area contributed by atoms with Gasteiger partial charge in [0.25, 0.3) is 0 Å². The summed E-state index contributed by atoms with van der Waals surface area (Å²) in [7, 11) is 1.98. The molecule has 0 saturated carbocycles. The van der Waals surface area contributed by atoms with Crippen molar-refractivity contribution in [1.29, 1.82) is 0 Å². The number of hydrogen-bond donors (Lipinski definition) is 1.